The van der Waals surface area contributed by atoms with E-state index in [4.69, 9.17) is 0 Å². The summed E-state index contributed by atoms with van der Waals surface area (Å²) in [5, 5.41) is 23.0. The molecule has 2 aromatic carbocycles. The summed E-state index contributed by atoms with van der Waals surface area (Å²) in [7, 11) is 0. The first kappa shape index (κ1) is 34.9. The molecule has 2 N–H and O–H groups in total. The molecule has 0 aromatic heterocycles. The Morgan fingerprint density at radius 1 is 0.595 bits per heavy atom. The number of phenols is 2. The Bertz CT molecular complexity index is 1280. The van der Waals surface area contributed by atoms with Gasteiger partial charge in [-0.3, -0.25) is 0 Å². The van der Waals surface area contributed by atoms with Crippen molar-refractivity contribution in [3.05, 3.63) is 57.6 Å². The predicted octanol–water partition coefficient (Wildman–Crippen LogP) is 5.09. The average molecular weight is 679 g/mol. The van der Waals surface area contributed by atoms with Gasteiger partial charge in [-0.05, 0) is 0 Å². The van der Waals surface area contributed by atoms with E-state index in [9.17, 15) is 10.2 Å². The molecule has 0 amide bonds. The second kappa shape index (κ2) is 12.1. The van der Waals surface area contributed by atoms with Gasteiger partial charge in [0.05, 0.1) is 0 Å². The van der Waals surface area contributed by atoms with Gasteiger partial charge >= 0.3 is 257 Å². The zero-order valence-electron chi connectivity index (χ0n) is 28.0. The van der Waals surface area contributed by atoms with E-state index < -0.39 is 0 Å². The topological polar surface area (TPSA) is 46.5 Å². The summed E-state index contributed by atoms with van der Waals surface area (Å²) in [6.07, 6.45) is 9.25. The van der Waals surface area contributed by atoms with Crippen LogP contribution in [0, 0.1) is 0 Å². The maximum Gasteiger partial charge on any atom is -1.00 e. The van der Waals surface area contributed by atoms with Crippen molar-refractivity contribution in [1.29, 1.82) is 0 Å². The van der Waals surface area contributed by atoms with Crippen LogP contribution in [-0.4, -0.2) is 41.8 Å². The number of aromatic hydroxyl groups is 2. The number of rotatable bonds is 2. The third kappa shape index (κ3) is 7.36. The number of hydrogen-bond donors (Lipinski definition) is 2. The van der Waals surface area contributed by atoms with Crippen LogP contribution in [0.3, 0.4) is 0 Å². The molecule has 4 nitrogen and oxygen atoms in total. The molecule has 0 unspecified atom stereocenters. The number of hydrogen-bond acceptors (Lipinski definition) is 2. The molecule has 2 aliphatic rings. The second-order valence-electron chi connectivity index (χ2n) is 16.4. The molecule has 6 heteroatoms. The second-order valence-corrected chi connectivity index (χ2v) is 18.0. The summed E-state index contributed by atoms with van der Waals surface area (Å²) in [5.74, 6) is 0.808. The molecule has 1 saturated heterocycles. The molecule has 0 radical (unpaired) electrons. The number of halogens is 1. The van der Waals surface area contributed by atoms with E-state index in [-0.39, 0.29) is 54.3 Å². The van der Waals surface area contributed by atoms with Crippen molar-refractivity contribution in [3.63, 3.8) is 0 Å². The Hall–Kier alpha value is -1.61. The molecule has 2 fully saturated rings. The fourth-order valence-electron chi connectivity index (χ4n) is 5.95. The SMILES string of the molecule is CC(C)(C)c1cc(C=[N+]2[Cr][N+](=Cc3cc(C(C)(C)C)cc(C(C)(C)C)c3O)[C@@H]3CCCC[C@H]32)c(O)c(C(C)(C)C)c1.[Br-]. The van der Waals surface area contributed by atoms with Crippen LogP contribution >= 0.6 is 0 Å². The van der Waals surface area contributed by atoms with Gasteiger partial charge in [-0.15, -0.1) is 0 Å². The van der Waals surface area contributed by atoms with Crippen molar-refractivity contribution in [2.45, 2.75) is 143 Å². The fourth-order valence-corrected chi connectivity index (χ4v) is 7.94. The van der Waals surface area contributed by atoms with Gasteiger partial charge in [0.15, 0.2) is 0 Å². The Kier molecular flexibility index (Phi) is 10.0. The van der Waals surface area contributed by atoms with E-state index in [0.29, 0.717) is 23.6 Å². The molecule has 232 valence electrons. The molecule has 1 heterocycles. The van der Waals surface area contributed by atoms with Crippen LogP contribution in [0.4, 0.5) is 0 Å². The molecule has 4 rings (SSSR count). The molecule has 1 aliphatic heterocycles. The number of phenolic OH excluding ortho intramolecular Hbond substituents is 2. The van der Waals surface area contributed by atoms with E-state index in [1.807, 2.05) is 0 Å². The number of benzene rings is 2. The van der Waals surface area contributed by atoms with Crippen molar-refractivity contribution in [1.82, 2.24) is 0 Å². The van der Waals surface area contributed by atoms with Crippen LogP contribution < -0.4 is 17.0 Å². The van der Waals surface area contributed by atoms with Gasteiger partial charge in [0.1, 0.15) is 0 Å². The Morgan fingerprint density at radius 3 is 1.21 bits per heavy atom. The van der Waals surface area contributed by atoms with E-state index in [1.165, 1.54) is 24.0 Å². The standard InChI is InChI=1S/C36H54N2O2.BrH.Cr/c1-33(2,3)25-17-23(31(39)27(19-25)35(7,8)9)21-37-29-15-13-14-16-30(29)38-22-24-18-26(34(4,5)6)20-28(32(24)40)36(10,11)12;;/h17-22,29-30,39-40H,13-16H2,1-12H3;1H;/q;;+2/p-1/t29-,30-;;/m1../s1. The molecule has 1 saturated carbocycles. The van der Waals surface area contributed by atoms with Crippen LogP contribution in [0.1, 0.15) is 142 Å². The molecule has 0 spiro atoms. The average Bonchev–Trinajstić information content (AvgIpc) is 3.15. The Balaban J connectivity index is 0.00000484. The minimum Gasteiger partial charge on any atom is -1.00 e. The maximum absolute atomic E-state index is 11.5. The number of nitrogens with zero attached hydrogens (tertiary/aromatic N) is 2. The summed E-state index contributed by atoms with van der Waals surface area (Å²) in [6, 6.07) is 9.60. The first-order valence-electron chi connectivity index (χ1n) is 15.4. The summed E-state index contributed by atoms with van der Waals surface area (Å²) in [5.41, 5.74) is 6.01. The van der Waals surface area contributed by atoms with Crippen molar-refractivity contribution in [2.75, 3.05) is 0 Å². The van der Waals surface area contributed by atoms with Gasteiger partial charge in [-0.25, -0.2) is 0 Å². The normalized spacial score (nSPS) is 21.9. The van der Waals surface area contributed by atoms with Crippen molar-refractivity contribution < 1.29 is 50.0 Å². The van der Waals surface area contributed by atoms with E-state index in [2.05, 4.69) is 127 Å². The van der Waals surface area contributed by atoms with Gasteiger partial charge < -0.3 is 17.0 Å². The first-order valence-corrected chi connectivity index (χ1v) is 16.5. The van der Waals surface area contributed by atoms with E-state index in [0.717, 1.165) is 35.1 Å². The van der Waals surface area contributed by atoms with Crippen molar-refractivity contribution in [3.8, 4) is 11.5 Å². The molecule has 42 heavy (non-hydrogen) atoms. The van der Waals surface area contributed by atoms with Crippen LogP contribution in [0.25, 0.3) is 0 Å². The zero-order valence-corrected chi connectivity index (χ0v) is 30.9. The first-order chi connectivity index (χ1) is 18.7. The number of fused-ring (bicyclic) bond motifs is 1. The van der Waals surface area contributed by atoms with Crippen LogP contribution in [0.15, 0.2) is 24.3 Å². The smallest absolute Gasteiger partial charge is 1.00 e. The maximum atomic E-state index is 11.5. The summed E-state index contributed by atoms with van der Waals surface area (Å²) in [4.78, 5) is 0. The van der Waals surface area contributed by atoms with Crippen LogP contribution in [0.5, 0.6) is 11.5 Å². The van der Waals surface area contributed by atoms with Crippen LogP contribution in [0.2, 0.25) is 0 Å². The fraction of sp³-hybridized carbons (Fsp3) is 0.611. The Labute approximate surface area is 272 Å². The summed E-state index contributed by atoms with van der Waals surface area (Å²) in [6.45, 7) is 26.5. The molecule has 0 bridgehead atoms. The monoisotopic (exact) mass is 677 g/mol. The summed E-state index contributed by atoms with van der Waals surface area (Å²) < 4.78 is 5.02. The predicted molar refractivity (Wildman–Crippen MR) is 168 cm³/mol. The van der Waals surface area contributed by atoms with Crippen molar-refractivity contribution in [2.24, 2.45) is 0 Å². The van der Waals surface area contributed by atoms with Gasteiger partial charge in [0.25, 0.3) is 0 Å². The third-order valence-corrected chi connectivity index (χ3v) is 10.5. The van der Waals surface area contributed by atoms with E-state index >= 15 is 0 Å². The molecular formula is C36H54BrCrN2O2+. The van der Waals surface area contributed by atoms with Gasteiger partial charge in [-0.1, -0.05) is 0 Å². The summed E-state index contributed by atoms with van der Waals surface area (Å²) >= 11 is 0.0117. The molecular weight excluding hydrogens is 624 g/mol. The molecule has 2 aromatic rings. The minimum atomic E-state index is -0.155. The van der Waals surface area contributed by atoms with Gasteiger partial charge in [-0.2, -0.15) is 0 Å². The quantitative estimate of drug-likeness (QED) is 0.465. The van der Waals surface area contributed by atoms with Gasteiger partial charge in [0.2, 0.25) is 0 Å². The largest absolute Gasteiger partial charge is 1.00 e. The van der Waals surface area contributed by atoms with Crippen LogP contribution in [-0.2, 0) is 37.3 Å². The van der Waals surface area contributed by atoms with Crippen molar-refractivity contribution >= 4 is 12.4 Å². The zero-order chi connectivity index (χ0) is 30.7. The van der Waals surface area contributed by atoms with E-state index in [1.54, 1.807) is 0 Å². The minimum absolute atomic E-state index is 0. The third-order valence-electron chi connectivity index (χ3n) is 8.70. The molecule has 2 atom stereocenters. The Morgan fingerprint density at radius 2 is 0.929 bits per heavy atom. The van der Waals surface area contributed by atoms with Gasteiger partial charge in [0, 0.05) is 0 Å². The molecule has 1 aliphatic carbocycles.